The van der Waals surface area contributed by atoms with Gasteiger partial charge in [0.1, 0.15) is 11.8 Å². The number of rotatable bonds is 5. The number of nitrogens with zero attached hydrogens (tertiary/aromatic N) is 3. The standard InChI is InChI=1S/C27H23F6N3O4/c1-14(7-23-22(13-40-34-23)27(31,32)33)15-3-2-4-17(8-15)36-12-20-19(25(36)39)9-16(10-21(20)26(28,29)30)24(38)35-6-5-18(37)11-35/h2-4,8-10,13-14,18,37H,5-7,11-12H2,1H3/t14-,18+/m1/s1. The Balaban J connectivity index is 1.44. The second-order valence-electron chi connectivity index (χ2n) is 10.0. The van der Waals surface area contributed by atoms with Crippen molar-refractivity contribution in [3.63, 3.8) is 0 Å². The molecule has 2 aromatic carbocycles. The molecule has 3 heterocycles. The van der Waals surface area contributed by atoms with E-state index in [1.165, 1.54) is 17.0 Å². The van der Waals surface area contributed by atoms with Crippen molar-refractivity contribution in [3.8, 4) is 0 Å². The molecule has 1 N–H and O–H groups in total. The van der Waals surface area contributed by atoms with Crippen molar-refractivity contribution in [2.24, 2.45) is 0 Å². The summed E-state index contributed by atoms with van der Waals surface area (Å²) < 4.78 is 86.3. The zero-order valence-corrected chi connectivity index (χ0v) is 21.0. The van der Waals surface area contributed by atoms with E-state index in [0.717, 1.165) is 17.0 Å². The Labute approximate surface area is 224 Å². The summed E-state index contributed by atoms with van der Waals surface area (Å²) in [6.07, 6.45) is -9.55. The summed E-state index contributed by atoms with van der Waals surface area (Å²) >= 11 is 0. The molecule has 40 heavy (non-hydrogen) atoms. The van der Waals surface area contributed by atoms with Crippen molar-refractivity contribution in [1.82, 2.24) is 10.1 Å². The number of fused-ring (bicyclic) bond motifs is 1. The average Bonchev–Trinajstić information content (AvgIpc) is 3.61. The molecule has 0 saturated carbocycles. The molecule has 3 aromatic rings. The predicted octanol–water partition coefficient (Wildman–Crippen LogP) is 5.43. The number of halogens is 6. The molecule has 2 amide bonds. The maximum atomic E-state index is 14.1. The zero-order valence-electron chi connectivity index (χ0n) is 21.0. The van der Waals surface area contributed by atoms with Gasteiger partial charge in [-0.3, -0.25) is 9.59 Å². The molecule has 0 radical (unpaired) electrons. The van der Waals surface area contributed by atoms with Crippen molar-refractivity contribution in [2.75, 3.05) is 18.0 Å². The number of alkyl halides is 6. The summed E-state index contributed by atoms with van der Waals surface area (Å²) in [4.78, 5) is 28.7. The van der Waals surface area contributed by atoms with Crippen LogP contribution in [0.3, 0.4) is 0 Å². The number of amides is 2. The van der Waals surface area contributed by atoms with Crippen LogP contribution in [-0.4, -0.2) is 46.2 Å². The summed E-state index contributed by atoms with van der Waals surface area (Å²) in [5.41, 5.74) is -2.41. The van der Waals surface area contributed by atoms with Gasteiger partial charge in [0.05, 0.1) is 23.9 Å². The monoisotopic (exact) mass is 567 g/mol. The average molecular weight is 567 g/mol. The molecular weight excluding hydrogens is 544 g/mol. The van der Waals surface area contributed by atoms with E-state index in [1.807, 2.05) is 0 Å². The Bertz CT molecular complexity index is 1470. The minimum absolute atomic E-state index is 0.0128. The number of aliphatic hydroxyl groups excluding tert-OH is 1. The normalized spacial score (nSPS) is 18.4. The van der Waals surface area contributed by atoms with E-state index >= 15 is 0 Å². The Morgan fingerprint density at radius 2 is 1.85 bits per heavy atom. The predicted molar refractivity (Wildman–Crippen MR) is 129 cm³/mol. The second kappa shape index (κ2) is 9.95. The van der Waals surface area contributed by atoms with Gasteiger partial charge in [-0.15, -0.1) is 0 Å². The van der Waals surface area contributed by atoms with Crippen molar-refractivity contribution in [1.29, 1.82) is 0 Å². The highest BCUT2D eigenvalue weighted by molar-refractivity contribution is 6.11. The van der Waals surface area contributed by atoms with Crippen LogP contribution in [0.25, 0.3) is 0 Å². The molecule has 2 aliphatic heterocycles. The largest absolute Gasteiger partial charge is 0.421 e. The molecule has 7 nitrogen and oxygen atoms in total. The number of benzene rings is 2. The highest BCUT2D eigenvalue weighted by Crippen LogP contribution is 2.40. The van der Waals surface area contributed by atoms with Crippen LogP contribution in [-0.2, 0) is 25.3 Å². The number of hydrogen-bond donors (Lipinski definition) is 1. The number of aromatic nitrogens is 1. The molecule has 2 atom stereocenters. The van der Waals surface area contributed by atoms with Crippen LogP contribution in [0.2, 0.25) is 0 Å². The van der Waals surface area contributed by atoms with E-state index < -0.39 is 53.9 Å². The molecule has 1 fully saturated rings. The van der Waals surface area contributed by atoms with Crippen molar-refractivity contribution in [2.45, 2.75) is 50.7 Å². The minimum Gasteiger partial charge on any atom is -0.391 e. The van der Waals surface area contributed by atoms with E-state index in [4.69, 9.17) is 0 Å². The topological polar surface area (TPSA) is 86.9 Å². The number of hydrogen-bond acceptors (Lipinski definition) is 5. The second-order valence-corrected chi connectivity index (χ2v) is 10.0. The first-order valence-corrected chi connectivity index (χ1v) is 12.4. The summed E-state index contributed by atoms with van der Waals surface area (Å²) in [5.74, 6) is -1.95. The minimum atomic E-state index is -4.84. The molecule has 5 rings (SSSR count). The Hall–Kier alpha value is -3.87. The fourth-order valence-electron chi connectivity index (χ4n) is 5.15. The van der Waals surface area contributed by atoms with Crippen LogP contribution >= 0.6 is 0 Å². The van der Waals surface area contributed by atoms with E-state index in [0.29, 0.717) is 18.2 Å². The molecule has 0 spiro atoms. The van der Waals surface area contributed by atoms with Crippen LogP contribution in [0.4, 0.5) is 32.0 Å². The maximum Gasteiger partial charge on any atom is 0.421 e. The third-order valence-electron chi connectivity index (χ3n) is 7.24. The van der Waals surface area contributed by atoms with E-state index in [-0.39, 0.29) is 47.6 Å². The van der Waals surface area contributed by atoms with Gasteiger partial charge in [0.15, 0.2) is 0 Å². The van der Waals surface area contributed by atoms with Crippen molar-refractivity contribution >= 4 is 17.5 Å². The number of aliphatic hydroxyl groups is 1. The number of anilines is 1. The van der Waals surface area contributed by atoms with Crippen LogP contribution in [0.1, 0.15) is 67.9 Å². The van der Waals surface area contributed by atoms with E-state index in [9.17, 15) is 41.0 Å². The van der Waals surface area contributed by atoms with Crippen molar-refractivity contribution in [3.05, 3.63) is 81.7 Å². The Kier molecular flexibility index (Phi) is 6.89. The lowest BCUT2D eigenvalue weighted by Gasteiger charge is -2.19. The van der Waals surface area contributed by atoms with Gasteiger partial charge in [-0.25, -0.2) is 0 Å². The zero-order chi connectivity index (χ0) is 29.0. The molecule has 13 heteroatoms. The van der Waals surface area contributed by atoms with Crippen LogP contribution in [0.15, 0.2) is 47.2 Å². The molecule has 212 valence electrons. The van der Waals surface area contributed by atoms with Gasteiger partial charge >= 0.3 is 12.4 Å². The maximum absolute atomic E-state index is 14.1. The van der Waals surface area contributed by atoms with Gasteiger partial charge in [-0.1, -0.05) is 24.2 Å². The fourth-order valence-corrected chi connectivity index (χ4v) is 5.15. The molecule has 1 saturated heterocycles. The van der Waals surface area contributed by atoms with Crippen molar-refractivity contribution < 1.29 is 45.6 Å². The lowest BCUT2D eigenvalue weighted by molar-refractivity contribution is -0.139. The summed E-state index contributed by atoms with van der Waals surface area (Å²) in [7, 11) is 0. The third-order valence-corrected chi connectivity index (χ3v) is 7.24. The molecule has 2 aliphatic rings. The van der Waals surface area contributed by atoms with Gasteiger partial charge in [0.2, 0.25) is 0 Å². The van der Waals surface area contributed by atoms with Crippen LogP contribution in [0.5, 0.6) is 0 Å². The fraction of sp³-hybridized carbons (Fsp3) is 0.370. The molecule has 0 bridgehead atoms. The number of carbonyl (C=O) groups is 2. The smallest absolute Gasteiger partial charge is 0.391 e. The lowest BCUT2D eigenvalue weighted by Crippen LogP contribution is -2.30. The number of carbonyl (C=O) groups excluding carboxylic acids is 2. The molecule has 1 aromatic heterocycles. The van der Waals surface area contributed by atoms with Gasteiger partial charge in [0.25, 0.3) is 11.8 Å². The molecule has 0 aliphatic carbocycles. The van der Waals surface area contributed by atoms with E-state index in [2.05, 4.69) is 9.68 Å². The Morgan fingerprint density at radius 1 is 1.12 bits per heavy atom. The van der Waals surface area contributed by atoms with Gasteiger partial charge in [0, 0.05) is 36.3 Å². The van der Waals surface area contributed by atoms with Crippen LogP contribution in [0, 0.1) is 0 Å². The third kappa shape index (κ3) is 5.17. The first-order valence-electron chi connectivity index (χ1n) is 12.4. The number of likely N-dealkylation sites (tertiary alicyclic amines) is 1. The lowest BCUT2D eigenvalue weighted by atomic mass is 9.94. The first-order chi connectivity index (χ1) is 18.7. The number of β-amino-alcohol motifs (C(OH)–C–C–N with tert-alkyl or cyclic N) is 1. The quantitative estimate of drug-likeness (QED) is 0.416. The highest BCUT2D eigenvalue weighted by atomic mass is 19.4. The highest BCUT2D eigenvalue weighted by Gasteiger charge is 2.42. The van der Waals surface area contributed by atoms with Gasteiger partial charge in [-0.2, -0.15) is 26.3 Å². The summed E-state index contributed by atoms with van der Waals surface area (Å²) in [5, 5.41) is 13.2. The summed E-state index contributed by atoms with van der Waals surface area (Å²) in [6, 6.07) is 8.13. The van der Waals surface area contributed by atoms with E-state index in [1.54, 1.807) is 19.1 Å². The SMILES string of the molecule is C[C@H](Cc1nocc1C(F)(F)F)c1cccc(N2Cc3c(cc(C(=O)N4CC[C@H](O)C4)cc3C(F)(F)F)C2=O)c1. The molecular formula is C27H23F6N3O4. The summed E-state index contributed by atoms with van der Waals surface area (Å²) in [6.45, 7) is 1.42. The van der Waals surface area contributed by atoms with Gasteiger partial charge < -0.3 is 19.4 Å². The first kappa shape index (κ1) is 27.7. The van der Waals surface area contributed by atoms with Crippen LogP contribution < -0.4 is 4.90 Å². The Morgan fingerprint density at radius 3 is 2.50 bits per heavy atom. The molecule has 0 unspecified atom stereocenters. The van der Waals surface area contributed by atoms with Gasteiger partial charge in [-0.05, 0) is 47.7 Å².